The topological polar surface area (TPSA) is 183 Å². The van der Waals surface area contributed by atoms with Crippen LogP contribution >= 0.6 is 11.6 Å². The lowest BCUT2D eigenvalue weighted by Crippen LogP contribution is -2.54. The summed E-state index contributed by atoms with van der Waals surface area (Å²) in [6.45, 7) is 11.9. The predicted molar refractivity (Wildman–Crippen MR) is 220 cm³/mol. The molecule has 2 fully saturated rings. The predicted octanol–water partition coefficient (Wildman–Crippen LogP) is 5.76. The van der Waals surface area contributed by atoms with Crippen molar-refractivity contribution in [1.82, 2.24) is 25.1 Å². The molecular formula is C41H44ClFN8O7S. The molecule has 0 bridgehead atoms. The second-order valence-electron chi connectivity index (χ2n) is 15.2. The molecule has 2 saturated heterocycles. The van der Waals surface area contributed by atoms with Gasteiger partial charge < -0.3 is 20.3 Å². The third-order valence-corrected chi connectivity index (χ3v) is 12.9. The quantitative estimate of drug-likeness (QED) is 0.147. The fourth-order valence-corrected chi connectivity index (χ4v) is 8.74. The highest BCUT2D eigenvalue weighted by Gasteiger charge is 2.46. The molecule has 0 aliphatic carbocycles. The Bertz CT molecular complexity index is 2480. The van der Waals surface area contributed by atoms with Crippen LogP contribution in [0, 0.1) is 12.7 Å². The molecule has 4 amide bonds. The van der Waals surface area contributed by atoms with Gasteiger partial charge in [0.05, 0.1) is 44.9 Å². The van der Waals surface area contributed by atoms with E-state index in [-0.39, 0.29) is 51.8 Å². The summed E-state index contributed by atoms with van der Waals surface area (Å²) in [4.78, 5) is 64.8. The van der Waals surface area contributed by atoms with Crippen molar-refractivity contribution in [2.75, 3.05) is 41.7 Å². The molecule has 0 radical (unpaired) electrons. The van der Waals surface area contributed by atoms with E-state index in [1.807, 2.05) is 32.9 Å². The number of aryl methyl sites for hydroxylation is 1. The highest BCUT2D eigenvalue weighted by atomic mass is 35.5. The first-order valence-electron chi connectivity index (χ1n) is 19.2. The van der Waals surface area contributed by atoms with Gasteiger partial charge in [0.1, 0.15) is 22.6 Å². The number of hydrogen-bond acceptors (Lipinski definition) is 13. The number of imide groups is 2. The Kier molecular flexibility index (Phi) is 11.6. The number of nitrogens with one attached hydrogen (secondary N) is 3. The van der Waals surface area contributed by atoms with Crippen molar-refractivity contribution >= 4 is 73.9 Å². The van der Waals surface area contributed by atoms with Crippen LogP contribution < -0.4 is 25.6 Å². The molecule has 4 aromatic rings. The molecule has 3 aliphatic heterocycles. The van der Waals surface area contributed by atoms with Gasteiger partial charge >= 0.3 is 0 Å². The van der Waals surface area contributed by atoms with Gasteiger partial charge in [-0.25, -0.2) is 17.8 Å². The summed E-state index contributed by atoms with van der Waals surface area (Å²) in [5.41, 5.74) is 2.91. The fourth-order valence-electron chi connectivity index (χ4n) is 7.40. The number of carbonyl (C=O) groups is 4. The van der Waals surface area contributed by atoms with Crippen molar-refractivity contribution in [1.29, 1.82) is 0 Å². The number of para-hydroxylation sites is 1. The zero-order chi connectivity index (χ0) is 42.3. The molecule has 0 spiro atoms. The third-order valence-electron chi connectivity index (χ3n) is 10.4. The number of benzene rings is 3. The number of carbonyl (C=O) groups excluding carboxylic acids is 4. The summed E-state index contributed by atoms with van der Waals surface area (Å²) < 4.78 is 47.8. The Morgan fingerprint density at radius 1 is 0.966 bits per heavy atom. The first-order valence-corrected chi connectivity index (χ1v) is 21.2. The van der Waals surface area contributed by atoms with Crippen LogP contribution in [0.3, 0.4) is 0 Å². The van der Waals surface area contributed by atoms with Crippen molar-refractivity contribution in [3.63, 3.8) is 0 Å². The van der Waals surface area contributed by atoms with Crippen LogP contribution in [-0.2, 0) is 26.0 Å². The SMILES string of the molecule is Cc1cc(Nc2ncc(Cl)c(Nc3ccccc3S(=O)(=O)C(C)C)n2)c(OC(C)C)cc1N1CCN(Cc2cc(F)c3c(c2)C(=O)N(C2CCC(=O)NC2=O)C3=O)CC1. The van der Waals surface area contributed by atoms with E-state index in [0.29, 0.717) is 55.4 Å². The molecule has 4 heterocycles. The normalized spacial score (nSPS) is 17.5. The van der Waals surface area contributed by atoms with Gasteiger partial charge in [-0.05, 0) is 82.5 Å². The minimum Gasteiger partial charge on any atom is -0.489 e. The molecule has 3 aliphatic rings. The molecule has 3 N–H and O–H groups in total. The second-order valence-corrected chi connectivity index (χ2v) is 18.1. The standard InChI is InChI=1S/C41H44ClFN8O7S/c1-22(2)58-33-19-32(24(5)16-30(33)46-41-44-20-27(42)37(48-41)45-29-8-6-7-9-34(29)59(56,57)23(3)4)50-14-12-49(13-15-50)21-25-17-26-36(28(43)18-25)40(55)51(39(26)54)31-10-11-35(52)47-38(31)53/h6-9,16-20,22-23,31H,10-15,21H2,1-5H3,(H,47,52,53)(H2,44,45,46,48). The van der Waals surface area contributed by atoms with E-state index in [1.54, 1.807) is 32.0 Å². The molecular weight excluding hydrogens is 803 g/mol. The number of aromatic nitrogens is 2. The Morgan fingerprint density at radius 3 is 2.39 bits per heavy atom. The number of hydrogen-bond donors (Lipinski definition) is 3. The van der Waals surface area contributed by atoms with Gasteiger partial charge in [0.2, 0.25) is 17.8 Å². The Hall–Kier alpha value is -5.65. The number of ether oxygens (including phenoxy) is 1. The van der Waals surface area contributed by atoms with Gasteiger partial charge in [-0.15, -0.1) is 0 Å². The van der Waals surface area contributed by atoms with Crippen LogP contribution in [0.15, 0.2) is 59.6 Å². The Morgan fingerprint density at radius 2 is 1.69 bits per heavy atom. The first-order chi connectivity index (χ1) is 28.0. The summed E-state index contributed by atoms with van der Waals surface area (Å²) in [7, 11) is -3.61. The van der Waals surface area contributed by atoms with Crippen LogP contribution in [0.5, 0.6) is 5.75 Å². The number of nitrogens with zero attached hydrogens (tertiary/aromatic N) is 5. The van der Waals surface area contributed by atoms with Gasteiger partial charge in [0, 0.05) is 50.9 Å². The lowest BCUT2D eigenvalue weighted by molar-refractivity contribution is -0.136. The summed E-state index contributed by atoms with van der Waals surface area (Å²) in [5, 5.41) is 8.03. The monoisotopic (exact) mass is 846 g/mol. The van der Waals surface area contributed by atoms with Crippen LogP contribution in [0.1, 0.15) is 72.4 Å². The van der Waals surface area contributed by atoms with Gasteiger partial charge in [-0.1, -0.05) is 23.7 Å². The summed E-state index contributed by atoms with van der Waals surface area (Å²) >= 11 is 6.48. The lowest BCUT2D eigenvalue weighted by atomic mass is 10.0. The van der Waals surface area contributed by atoms with Crippen molar-refractivity contribution in [3.8, 4) is 5.75 Å². The van der Waals surface area contributed by atoms with Crippen molar-refractivity contribution < 1.29 is 36.7 Å². The minimum absolute atomic E-state index is 0.0140. The van der Waals surface area contributed by atoms with Gasteiger partial charge in [0.25, 0.3) is 11.8 Å². The number of fused-ring (bicyclic) bond motifs is 1. The molecule has 1 atom stereocenters. The number of sulfone groups is 1. The number of rotatable bonds is 12. The molecule has 1 aromatic heterocycles. The maximum absolute atomic E-state index is 15.4. The Labute approximate surface area is 346 Å². The van der Waals surface area contributed by atoms with E-state index in [1.165, 1.54) is 24.4 Å². The molecule has 59 heavy (non-hydrogen) atoms. The van der Waals surface area contributed by atoms with Gasteiger partial charge in [-0.2, -0.15) is 4.98 Å². The number of piperazine rings is 1. The maximum atomic E-state index is 15.4. The molecule has 310 valence electrons. The van der Waals surface area contributed by atoms with E-state index in [9.17, 15) is 27.6 Å². The number of piperidine rings is 1. The molecule has 7 rings (SSSR count). The van der Waals surface area contributed by atoms with E-state index in [2.05, 4.69) is 35.7 Å². The van der Waals surface area contributed by atoms with Crippen LogP contribution in [0.4, 0.5) is 33.2 Å². The average molecular weight is 847 g/mol. The van der Waals surface area contributed by atoms with E-state index < -0.39 is 50.6 Å². The van der Waals surface area contributed by atoms with Crippen molar-refractivity contribution in [3.05, 3.63) is 87.8 Å². The van der Waals surface area contributed by atoms with Crippen molar-refractivity contribution in [2.24, 2.45) is 0 Å². The van der Waals surface area contributed by atoms with E-state index in [0.717, 1.165) is 16.2 Å². The average Bonchev–Trinajstić information content (AvgIpc) is 3.43. The lowest BCUT2D eigenvalue weighted by Gasteiger charge is -2.37. The van der Waals surface area contributed by atoms with Crippen LogP contribution in [0.2, 0.25) is 5.02 Å². The summed E-state index contributed by atoms with van der Waals surface area (Å²) in [6.07, 6.45) is 1.21. The number of anilines is 5. The smallest absolute Gasteiger partial charge is 0.265 e. The largest absolute Gasteiger partial charge is 0.489 e. The van der Waals surface area contributed by atoms with Crippen LogP contribution in [0.25, 0.3) is 0 Å². The molecule has 0 saturated carbocycles. The van der Waals surface area contributed by atoms with Gasteiger partial charge in [0.15, 0.2) is 15.7 Å². The number of halogens is 2. The fraction of sp³-hybridized carbons (Fsp3) is 0.366. The Balaban J connectivity index is 1.05. The van der Waals surface area contributed by atoms with Crippen LogP contribution in [-0.4, -0.2) is 95.4 Å². The summed E-state index contributed by atoms with van der Waals surface area (Å²) in [5.74, 6) is -2.72. The molecule has 1 unspecified atom stereocenters. The highest BCUT2D eigenvalue weighted by molar-refractivity contribution is 7.92. The third kappa shape index (κ3) is 8.45. The second kappa shape index (κ2) is 16.5. The molecule has 18 heteroatoms. The van der Waals surface area contributed by atoms with E-state index >= 15 is 4.39 Å². The van der Waals surface area contributed by atoms with Crippen molar-refractivity contribution in [2.45, 2.75) is 76.3 Å². The molecule has 3 aromatic carbocycles. The summed E-state index contributed by atoms with van der Waals surface area (Å²) in [6, 6.07) is 12.1. The van der Waals surface area contributed by atoms with Gasteiger partial charge in [-0.3, -0.25) is 34.3 Å². The first kappa shape index (κ1) is 41.5. The maximum Gasteiger partial charge on any atom is 0.265 e. The number of amides is 4. The van der Waals surface area contributed by atoms with E-state index in [4.69, 9.17) is 16.3 Å². The zero-order valence-corrected chi connectivity index (χ0v) is 34.7. The minimum atomic E-state index is -3.61. The zero-order valence-electron chi connectivity index (χ0n) is 33.1. The highest BCUT2D eigenvalue weighted by Crippen LogP contribution is 2.38. The molecule has 15 nitrogen and oxygen atoms in total.